The van der Waals surface area contributed by atoms with Crippen molar-refractivity contribution in [2.45, 2.75) is 0 Å². The van der Waals surface area contributed by atoms with Gasteiger partial charge in [-0.05, 0) is 6.07 Å². The van der Waals surface area contributed by atoms with Gasteiger partial charge in [-0.15, -0.1) is 0 Å². The van der Waals surface area contributed by atoms with E-state index in [1.807, 2.05) is 0 Å². The van der Waals surface area contributed by atoms with Crippen molar-refractivity contribution < 1.29 is 4.79 Å². The molecule has 9 heavy (non-hydrogen) atoms. The first-order valence-corrected chi connectivity index (χ1v) is 2.70. The number of hydrogen-bond donors (Lipinski definition) is 0. The summed E-state index contributed by atoms with van der Waals surface area (Å²) in [6.45, 7) is 0. The Balaban J connectivity index is 3.15. The van der Waals surface area contributed by atoms with Gasteiger partial charge < -0.3 is 0 Å². The Bertz CT molecular complexity index is 224. The SMILES string of the molecule is O=[C]c1ccncc1Cl. The van der Waals surface area contributed by atoms with E-state index >= 15 is 0 Å². The summed E-state index contributed by atoms with van der Waals surface area (Å²) in [6, 6.07) is 1.51. The van der Waals surface area contributed by atoms with Crippen LogP contribution in [0.25, 0.3) is 0 Å². The van der Waals surface area contributed by atoms with Gasteiger partial charge in [-0.2, -0.15) is 0 Å². The van der Waals surface area contributed by atoms with Crippen molar-refractivity contribution in [2.24, 2.45) is 0 Å². The Morgan fingerprint density at radius 1 is 1.67 bits per heavy atom. The van der Waals surface area contributed by atoms with Gasteiger partial charge in [0, 0.05) is 18.0 Å². The largest absolute Gasteiger partial charge is 0.285 e. The maximum Gasteiger partial charge on any atom is 0.235 e. The van der Waals surface area contributed by atoms with Gasteiger partial charge in [-0.3, -0.25) is 9.78 Å². The van der Waals surface area contributed by atoms with Crippen LogP contribution in [0.4, 0.5) is 0 Å². The molecule has 0 N–H and O–H groups in total. The summed E-state index contributed by atoms with van der Waals surface area (Å²) in [5, 5.41) is 0.340. The molecule has 0 bridgehead atoms. The molecule has 1 heterocycles. The highest BCUT2D eigenvalue weighted by Gasteiger charge is 1.95. The van der Waals surface area contributed by atoms with E-state index in [1.54, 1.807) is 6.29 Å². The molecule has 0 spiro atoms. The molecule has 1 aromatic heterocycles. The Morgan fingerprint density at radius 3 is 2.89 bits per heavy atom. The minimum absolute atomic E-state index is 0.340. The van der Waals surface area contributed by atoms with Crippen LogP contribution in [0.1, 0.15) is 5.56 Å². The van der Waals surface area contributed by atoms with Crippen molar-refractivity contribution in [1.82, 2.24) is 4.98 Å². The van der Waals surface area contributed by atoms with E-state index in [2.05, 4.69) is 4.98 Å². The summed E-state index contributed by atoms with van der Waals surface area (Å²) in [4.78, 5) is 13.7. The van der Waals surface area contributed by atoms with E-state index in [1.165, 1.54) is 18.5 Å². The van der Waals surface area contributed by atoms with Crippen LogP contribution >= 0.6 is 11.6 Å². The standard InChI is InChI=1S/C6H3ClNO/c7-6-3-8-2-1-5(6)4-9/h1-3H. The first-order valence-electron chi connectivity index (χ1n) is 2.32. The number of hydrogen-bond acceptors (Lipinski definition) is 2. The molecule has 1 radical (unpaired) electrons. The van der Waals surface area contributed by atoms with Gasteiger partial charge in [0.25, 0.3) is 0 Å². The van der Waals surface area contributed by atoms with Crippen molar-refractivity contribution in [2.75, 3.05) is 0 Å². The van der Waals surface area contributed by atoms with E-state index in [9.17, 15) is 4.79 Å². The molecule has 0 aliphatic heterocycles. The quantitative estimate of drug-likeness (QED) is 0.587. The molecule has 0 saturated carbocycles. The van der Waals surface area contributed by atoms with E-state index in [0.717, 1.165) is 0 Å². The molecule has 45 valence electrons. The molecule has 0 aromatic carbocycles. The summed E-state index contributed by atoms with van der Waals surface area (Å²) in [5.74, 6) is 0. The maximum absolute atomic E-state index is 9.99. The molecule has 1 rings (SSSR count). The van der Waals surface area contributed by atoms with Crippen LogP contribution in [-0.4, -0.2) is 11.3 Å². The lowest BCUT2D eigenvalue weighted by molar-refractivity contribution is 0.562. The van der Waals surface area contributed by atoms with E-state index in [4.69, 9.17) is 11.6 Å². The zero-order valence-electron chi connectivity index (χ0n) is 4.47. The molecule has 3 heteroatoms. The summed E-state index contributed by atoms with van der Waals surface area (Å²) >= 11 is 5.50. The van der Waals surface area contributed by atoms with Gasteiger partial charge in [-0.1, -0.05) is 11.6 Å². The lowest BCUT2D eigenvalue weighted by Crippen LogP contribution is -1.81. The molecule has 0 amide bonds. The second kappa shape index (κ2) is 2.60. The zero-order valence-corrected chi connectivity index (χ0v) is 5.22. The van der Waals surface area contributed by atoms with Crippen molar-refractivity contribution in [3.63, 3.8) is 0 Å². The fourth-order valence-corrected chi connectivity index (χ4v) is 0.616. The van der Waals surface area contributed by atoms with Crippen LogP contribution in [0.2, 0.25) is 5.02 Å². The van der Waals surface area contributed by atoms with Crippen LogP contribution in [-0.2, 0) is 4.79 Å². The number of halogens is 1. The number of pyridine rings is 1. The van der Waals surface area contributed by atoms with E-state index < -0.39 is 0 Å². The van der Waals surface area contributed by atoms with Crippen molar-refractivity contribution >= 4 is 17.9 Å². The van der Waals surface area contributed by atoms with E-state index in [0.29, 0.717) is 10.6 Å². The molecular formula is C6H3ClNO. The number of carbonyl (C=O) groups excluding carboxylic acids is 1. The predicted octanol–water partition coefficient (Wildman–Crippen LogP) is 1.19. The monoisotopic (exact) mass is 140 g/mol. The topological polar surface area (TPSA) is 30.0 Å². The van der Waals surface area contributed by atoms with Crippen LogP contribution in [0.5, 0.6) is 0 Å². The van der Waals surface area contributed by atoms with Gasteiger partial charge >= 0.3 is 0 Å². The molecule has 0 atom stereocenters. The molecule has 0 fully saturated rings. The average Bonchev–Trinajstić information content (AvgIpc) is 1.89. The summed E-state index contributed by atoms with van der Waals surface area (Å²) in [5.41, 5.74) is 0.353. The minimum Gasteiger partial charge on any atom is -0.285 e. The Morgan fingerprint density at radius 2 is 2.44 bits per heavy atom. The zero-order chi connectivity index (χ0) is 6.69. The highest BCUT2D eigenvalue weighted by Crippen LogP contribution is 2.09. The minimum atomic E-state index is 0.340. The average molecular weight is 141 g/mol. The van der Waals surface area contributed by atoms with E-state index in [-0.39, 0.29) is 0 Å². The van der Waals surface area contributed by atoms with Crippen LogP contribution in [0.15, 0.2) is 18.5 Å². The van der Waals surface area contributed by atoms with Crippen molar-refractivity contribution in [3.05, 3.63) is 29.0 Å². The second-order valence-electron chi connectivity index (χ2n) is 1.46. The third-order valence-corrected chi connectivity index (χ3v) is 1.18. The fraction of sp³-hybridized carbons (Fsp3) is 0. The predicted molar refractivity (Wildman–Crippen MR) is 34.0 cm³/mol. The Kier molecular flexibility index (Phi) is 1.80. The first-order chi connectivity index (χ1) is 4.34. The number of aromatic nitrogens is 1. The molecule has 0 aliphatic carbocycles. The van der Waals surface area contributed by atoms with Gasteiger partial charge in [0.1, 0.15) is 0 Å². The molecule has 0 unspecified atom stereocenters. The van der Waals surface area contributed by atoms with Gasteiger partial charge in [0.05, 0.1) is 5.02 Å². The van der Waals surface area contributed by atoms with Gasteiger partial charge in [-0.25, -0.2) is 0 Å². The number of rotatable bonds is 1. The molecule has 0 saturated heterocycles. The third kappa shape index (κ3) is 1.27. The van der Waals surface area contributed by atoms with Crippen molar-refractivity contribution in [3.8, 4) is 0 Å². The Hall–Kier alpha value is -0.890. The van der Waals surface area contributed by atoms with Crippen molar-refractivity contribution in [1.29, 1.82) is 0 Å². The van der Waals surface area contributed by atoms with Crippen LogP contribution < -0.4 is 0 Å². The molecule has 1 aromatic rings. The van der Waals surface area contributed by atoms with Crippen LogP contribution in [0.3, 0.4) is 0 Å². The highest BCUT2D eigenvalue weighted by atomic mass is 35.5. The van der Waals surface area contributed by atoms with Crippen LogP contribution in [0, 0.1) is 0 Å². The number of nitrogens with zero attached hydrogens (tertiary/aromatic N) is 1. The third-order valence-electron chi connectivity index (χ3n) is 0.882. The fourth-order valence-electron chi connectivity index (χ4n) is 0.458. The normalized spacial score (nSPS) is 9.00. The van der Waals surface area contributed by atoms with Gasteiger partial charge in [0.2, 0.25) is 6.29 Å². The molecule has 2 nitrogen and oxygen atoms in total. The Labute approximate surface area is 57.5 Å². The smallest absolute Gasteiger partial charge is 0.235 e. The summed E-state index contributed by atoms with van der Waals surface area (Å²) in [7, 11) is 0. The molecular weight excluding hydrogens is 138 g/mol. The lowest BCUT2D eigenvalue weighted by atomic mass is 10.3. The lowest BCUT2D eigenvalue weighted by Gasteiger charge is -1.88. The highest BCUT2D eigenvalue weighted by molar-refractivity contribution is 6.32. The first kappa shape index (κ1) is 6.23. The maximum atomic E-state index is 9.99. The van der Waals surface area contributed by atoms with Gasteiger partial charge in [0.15, 0.2) is 0 Å². The summed E-state index contributed by atoms with van der Waals surface area (Å²) < 4.78 is 0. The second-order valence-corrected chi connectivity index (χ2v) is 1.86. The summed E-state index contributed by atoms with van der Waals surface area (Å²) in [6.07, 6.45) is 4.57. The molecule has 0 aliphatic rings.